The second-order valence-corrected chi connectivity index (χ2v) is 9.11. The lowest BCUT2D eigenvalue weighted by atomic mass is 9.86. The van der Waals surface area contributed by atoms with E-state index < -0.39 is 11.3 Å². The van der Waals surface area contributed by atoms with Crippen LogP contribution in [0, 0.1) is 11.8 Å². The number of thioether (sulfide) groups is 1. The standard InChI is InChI=1S/C20H23NO5S/c1-2-25-20(24)16-11-5-3-4-6-14(11)27-19(16)21-17(22)12-9-10-7-8-13(26-10)15(12)18(21)23/h7-8,10,12-15,19H,2-6,9H2,1H3. The molecule has 0 aromatic carbocycles. The molecule has 0 spiro atoms. The number of ether oxygens (including phenoxy) is 2. The van der Waals surface area contributed by atoms with Crippen LogP contribution in [0.2, 0.25) is 0 Å². The summed E-state index contributed by atoms with van der Waals surface area (Å²) in [7, 11) is 0. The van der Waals surface area contributed by atoms with Crippen LogP contribution in [0.5, 0.6) is 0 Å². The van der Waals surface area contributed by atoms with Gasteiger partial charge in [0.25, 0.3) is 0 Å². The Morgan fingerprint density at radius 2 is 2.15 bits per heavy atom. The van der Waals surface area contributed by atoms with E-state index in [9.17, 15) is 14.4 Å². The van der Waals surface area contributed by atoms with Gasteiger partial charge < -0.3 is 9.47 Å². The first-order chi connectivity index (χ1) is 13.1. The lowest BCUT2D eigenvalue weighted by Crippen LogP contribution is -2.41. The highest BCUT2D eigenvalue weighted by atomic mass is 32.2. The summed E-state index contributed by atoms with van der Waals surface area (Å²) in [5.74, 6) is -1.51. The average Bonchev–Trinajstić information content (AvgIpc) is 3.29. The molecular weight excluding hydrogens is 366 g/mol. The Morgan fingerprint density at radius 3 is 2.96 bits per heavy atom. The van der Waals surface area contributed by atoms with Crippen molar-refractivity contribution in [2.45, 2.75) is 61.9 Å². The number of carbonyl (C=O) groups is 3. The Morgan fingerprint density at radius 1 is 1.30 bits per heavy atom. The molecule has 4 heterocycles. The Balaban J connectivity index is 1.50. The van der Waals surface area contributed by atoms with Crippen molar-refractivity contribution in [3.05, 3.63) is 23.3 Å². The maximum absolute atomic E-state index is 13.3. The second kappa shape index (κ2) is 6.48. The molecule has 7 heteroatoms. The van der Waals surface area contributed by atoms with E-state index in [2.05, 4.69) is 0 Å². The molecule has 5 aliphatic rings. The molecule has 5 rings (SSSR count). The molecule has 27 heavy (non-hydrogen) atoms. The lowest BCUT2D eigenvalue weighted by Gasteiger charge is -2.28. The van der Waals surface area contributed by atoms with Gasteiger partial charge in [-0.1, -0.05) is 18.6 Å². The quantitative estimate of drug-likeness (QED) is 0.419. The van der Waals surface area contributed by atoms with Crippen LogP contribution >= 0.6 is 11.8 Å². The third-order valence-corrected chi connectivity index (χ3v) is 7.92. The van der Waals surface area contributed by atoms with Crippen molar-refractivity contribution >= 4 is 29.5 Å². The summed E-state index contributed by atoms with van der Waals surface area (Å²) >= 11 is 1.58. The van der Waals surface area contributed by atoms with E-state index in [1.54, 1.807) is 18.7 Å². The van der Waals surface area contributed by atoms with Crippen LogP contribution in [0.15, 0.2) is 23.3 Å². The number of likely N-dealkylation sites (tertiary alicyclic amines) is 1. The minimum atomic E-state index is -0.546. The summed E-state index contributed by atoms with van der Waals surface area (Å²) in [5.41, 5.74) is 1.64. The molecule has 6 unspecified atom stereocenters. The fraction of sp³-hybridized carbons (Fsp3) is 0.650. The molecule has 0 N–H and O–H groups in total. The van der Waals surface area contributed by atoms with E-state index in [0.29, 0.717) is 12.0 Å². The summed E-state index contributed by atoms with van der Waals surface area (Å²) < 4.78 is 11.1. The molecule has 2 amide bonds. The van der Waals surface area contributed by atoms with E-state index in [4.69, 9.17) is 9.47 Å². The SMILES string of the molecule is CCOC(=O)C1=C2CCCCC2SC1N1C(=O)C2CC3C=CC(O3)C2C1=O. The molecule has 6 nitrogen and oxygen atoms in total. The summed E-state index contributed by atoms with van der Waals surface area (Å²) in [5, 5.41) is -0.339. The smallest absolute Gasteiger partial charge is 0.337 e. The normalized spacial score (nSPS) is 39.8. The van der Waals surface area contributed by atoms with Crippen LogP contribution in [0.3, 0.4) is 0 Å². The topological polar surface area (TPSA) is 72.9 Å². The molecule has 6 atom stereocenters. The Labute approximate surface area is 162 Å². The minimum Gasteiger partial charge on any atom is -0.463 e. The highest BCUT2D eigenvalue weighted by Crippen LogP contribution is 2.51. The highest BCUT2D eigenvalue weighted by Gasteiger charge is 2.59. The fourth-order valence-corrected chi connectivity index (χ4v) is 6.92. The fourth-order valence-electron chi connectivity index (χ4n) is 5.19. The number of fused-ring (bicyclic) bond motifs is 5. The zero-order chi connectivity index (χ0) is 18.7. The van der Waals surface area contributed by atoms with Crippen LogP contribution in [0.25, 0.3) is 0 Å². The Hall–Kier alpha value is -1.60. The average molecular weight is 389 g/mol. The van der Waals surface area contributed by atoms with Crippen LogP contribution in [-0.4, -0.2) is 52.1 Å². The first-order valence-corrected chi connectivity index (χ1v) is 10.8. The number of esters is 1. The zero-order valence-corrected chi connectivity index (χ0v) is 16.1. The monoisotopic (exact) mass is 389 g/mol. The molecular formula is C20H23NO5S. The van der Waals surface area contributed by atoms with Gasteiger partial charge >= 0.3 is 5.97 Å². The van der Waals surface area contributed by atoms with Crippen molar-refractivity contribution in [3.63, 3.8) is 0 Å². The van der Waals surface area contributed by atoms with Crippen molar-refractivity contribution in [2.24, 2.45) is 11.8 Å². The molecule has 2 saturated heterocycles. The zero-order valence-electron chi connectivity index (χ0n) is 15.3. The molecule has 1 aliphatic carbocycles. The number of rotatable bonds is 3. The van der Waals surface area contributed by atoms with E-state index in [1.165, 1.54) is 4.90 Å². The second-order valence-electron chi connectivity index (χ2n) is 7.82. The number of hydrogen-bond donors (Lipinski definition) is 0. The van der Waals surface area contributed by atoms with Gasteiger partial charge in [-0.3, -0.25) is 14.5 Å². The first kappa shape index (κ1) is 17.5. The van der Waals surface area contributed by atoms with E-state index >= 15 is 0 Å². The number of nitrogens with zero attached hydrogens (tertiary/aromatic N) is 1. The molecule has 0 radical (unpaired) electrons. The summed E-state index contributed by atoms with van der Waals surface area (Å²) in [6, 6.07) is 0. The molecule has 0 aromatic heterocycles. The highest BCUT2D eigenvalue weighted by molar-refractivity contribution is 8.01. The summed E-state index contributed by atoms with van der Waals surface area (Å²) in [4.78, 5) is 40.6. The number of hydrogen-bond acceptors (Lipinski definition) is 6. The van der Waals surface area contributed by atoms with Crippen molar-refractivity contribution in [1.29, 1.82) is 0 Å². The Kier molecular flexibility index (Phi) is 4.20. The van der Waals surface area contributed by atoms with E-state index in [-0.39, 0.29) is 47.8 Å². The molecule has 2 bridgehead atoms. The van der Waals surface area contributed by atoms with Gasteiger partial charge in [-0.15, -0.1) is 11.8 Å². The predicted molar refractivity (Wildman–Crippen MR) is 98.5 cm³/mol. The van der Waals surface area contributed by atoms with Gasteiger partial charge in [0.2, 0.25) is 11.8 Å². The maximum Gasteiger partial charge on any atom is 0.337 e. The number of carbonyl (C=O) groups excluding carboxylic acids is 3. The maximum atomic E-state index is 13.3. The largest absolute Gasteiger partial charge is 0.463 e. The van der Waals surface area contributed by atoms with Crippen molar-refractivity contribution in [1.82, 2.24) is 4.90 Å². The van der Waals surface area contributed by atoms with E-state index in [0.717, 1.165) is 31.3 Å². The van der Waals surface area contributed by atoms with Crippen LogP contribution < -0.4 is 0 Å². The van der Waals surface area contributed by atoms with Gasteiger partial charge in [-0.2, -0.15) is 0 Å². The number of amides is 2. The minimum absolute atomic E-state index is 0.0744. The predicted octanol–water partition coefficient (Wildman–Crippen LogP) is 2.19. The van der Waals surface area contributed by atoms with E-state index in [1.807, 2.05) is 12.2 Å². The molecule has 0 aromatic rings. The summed E-state index contributed by atoms with van der Waals surface area (Å²) in [6.07, 6.45) is 8.01. The van der Waals surface area contributed by atoms with Crippen LogP contribution in [0.1, 0.15) is 39.0 Å². The van der Waals surface area contributed by atoms with Gasteiger partial charge in [-0.25, -0.2) is 4.79 Å². The van der Waals surface area contributed by atoms with Gasteiger partial charge in [0.15, 0.2) is 0 Å². The lowest BCUT2D eigenvalue weighted by molar-refractivity contribution is -0.142. The number of imide groups is 1. The molecule has 144 valence electrons. The third-order valence-electron chi connectivity index (χ3n) is 6.37. The first-order valence-electron chi connectivity index (χ1n) is 9.86. The van der Waals surface area contributed by atoms with Gasteiger partial charge in [0.05, 0.1) is 36.2 Å². The van der Waals surface area contributed by atoms with Crippen LogP contribution in [0.4, 0.5) is 0 Å². The van der Waals surface area contributed by atoms with Crippen LogP contribution in [-0.2, 0) is 23.9 Å². The summed E-state index contributed by atoms with van der Waals surface area (Å²) in [6.45, 7) is 2.06. The Bertz CT molecular complexity index is 774. The van der Waals surface area contributed by atoms with Crippen molar-refractivity contribution in [3.8, 4) is 0 Å². The van der Waals surface area contributed by atoms with Gasteiger partial charge in [-0.05, 0) is 38.2 Å². The molecule has 3 fully saturated rings. The molecule has 4 aliphatic heterocycles. The van der Waals surface area contributed by atoms with Crippen molar-refractivity contribution in [2.75, 3.05) is 6.61 Å². The van der Waals surface area contributed by atoms with Gasteiger partial charge in [0.1, 0.15) is 5.37 Å². The van der Waals surface area contributed by atoms with Gasteiger partial charge in [0, 0.05) is 5.25 Å². The third kappa shape index (κ3) is 2.54. The molecule has 1 saturated carbocycles. The van der Waals surface area contributed by atoms with Crippen molar-refractivity contribution < 1.29 is 23.9 Å².